The first-order valence-corrected chi connectivity index (χ1v) is 5.36. The highest BCUT2D eigenvalue weighted by Gasteiger charge is 2.45. The fraction of sp³-hybridized carbons (Fsp3) is 0.400. The molecule has 0 heterocycles. The lowest BCUT2D eigenvalue weighted by molar-refractivity contribution is -0.147. The van der Waals surface area contributed by atoms with Gasteiger partial charge < -0.3 is 10.2 Å². The van der Waals surface area contributed by atoms with Crippen molar-refractivity contribution in [2.24, 2.45) is 11.3 Å². The molecule has 0 fully saturated rings. The molecule has 2 unspecified atom stereocenters. The maximum Gasteiger partial charge on any atom is 0.331 e. The fourth-order valence-electron chi connectivity index (χ4n) is 1.67. The van der Waals surface area contributed by atoms with E-state index < -0.39 is 23.3 Å². The van der Waals surface area contributed by atoms with Gasteiger partial charge in [-0.25, -0.2) is 4.79 Å². The second kappa shape index (κ2) is 4.47. The molecular formula is C10H10Cl2O4. The van der Waals surface area contributed by atoms with Gasteiger partial charge in [0.2, 0.25) is 0 Å². The monoisotopic (exact) mass is 264 g/mol. The van der Waals surface area contributed by atoms with E-state index in [-0.39, 0.29) is 16.5 Å². The number of halogens is 2. The minimum Gasteiger partial charge on any atom is -0.481 e. The zero-order chi connectivity index (χ0) is 12.5. The topological polar surface area (TPSA) is 74.6 Å². The van der Waals surface area contributed by atoms with Crippen LogP contribution in [0.15, 0.2) is 22.8 Å². The maximum atomic E-state index is 11.2. The van der Waals surface area contributed by atoms with Gasteiger partial charge in [0.25, 0.3) is 0 Å². The normalized spacial score (nSPS) is 29.3. The summed E-state index contributed by atoms with van der Waals surface area (Å²) >= 11 is 11.4. The highest BCUT2D eigenvalue weighted by molar-refractivity contribution is 6.32. The summed E-state index contributed by atoms with van der Waals surface area (Å²) < 4.78 is 0. The van der Waals surface area contributed by atoms with Crippen molar-refractivity contribution in [1.82, 2.24) is 0 Å². The number of hydrogen-bond donors (Lipinski definition) is 2. The summed E-state index contributed by atoms with van der Waals surface area (Å²) in [4.78, 5) is 22.2. The quantitative estimate of drug-likeness (QED) is 0.766. The van der Waals surface area contributed by atoms with Gasteiger partial charge in [-0.2, -0.15) is 0 Å². The van der Waals surface area contributed by atoms with Crippen LogP contribution in [0.2, 0.25) is 0 Å². The smallest absolute Gasteiger partial charge is 0.331 e. The zero-order valence-electron chi connectivity index (χ0n) is 8.41. The molecular weight excluding hydrogens is 255 g/mol. The van der Waals surface area contributed by atoms with Gasteiger partial charge >= 0.3 is 11.9 Å². The van der Waals surface area contributed by atoms with Gasteiger partial charge in [-0.15, -0.1) is 11.6 Å². The van der Waals surface area contributed by atoms with Crippen LogP contribution in [0.25, 0.3) is 0 Å². The van der Waals surface area contributed by atoms with Gasteiger partial charge in [0.15, 0.2) is 0 Å². The average molecular weight is 265 g/mol. The Kier molecular flexibility index (Phi) is 3.65. The molecule has 0 radical (unpaired) electrons. The highest BCUT2D eigenvalue weighted by Crippen LogP contribution is 2.41. The van der Waals surface area contributed by atoms with E-state index in [4.69, 9.17) is 33.4 Å². The molecule has 6 heteroatoms. The Morgan fingerprint density at radius 3 is 2.44 bits per heavy atom. The fourth-order valence-corrected chi connectivity index (χ4v) is 2.50. The molecule has 16 heavy (non-hydrogen) atoms. The Labute approximate surface area is 102 Å². The molecule has 1 rings (SSSR count). The van der Waals surface area contributed by atoms with Gasteiger partial charge in [-0.1, -0.05) is 11.6 Å². The minimum absolute atomic E-state index is 0.0765. The van der Waals surface area contributed by atoms with E-state index >= 15 is 0 Å². The third-order valence-electron chi connectivity index (χ3n) is 2.69. The maximum absolute atomic E-state index is 11.2. The van der Waals surface area contributed by atoms with Crippen LogP contribution in [0.3, 0.4) is 0 Å². The van der Waals surface area contributed by atoms with Crippen molar-refractivity contribution < 1.29 is 19.8 Å². The molecule has 0 aromatic carbocycles. The molecule has 0 spiro atoms. The summed E-state index contributed by atoms with van der Waals surface area (Å²) in [6, 6.07) is 0. The van der Waals surface area contributed by atoms with Crippen molar-refractivity contribution in [3.8, 4) is 0 Å². The third-order valence-corrected chi connectivity index (χ3v) is 3.22. The first kappa shape index (κ1) is 13.1. The number of allylic oxidation sites excluding steroid dienone is 2. The van der Waals surface area contributed by atoms with Crippen LogP contribution in [0.4, 0.5) is 0 Å². The van der Waals surface area contributed by atoms with Crippen molar-refractivity contribution in [3.05, 3.63) is 22.8 Å². The predicted molar refractivity (Wildman–Crippen MR) is 59.6 cm³/mol. The van der Waals surface area contributed by atoms with E-state index in [1.165, 1.54) is 19.1 Å². The van der Waals surface area contributed by atoms with Gasteiger partial charge in [0.1, 0.15) is 0 Å². The van der Waals surface area contributed by atoms with E-state index in [9.17, 15) is 9.59 Å². The SMILES string of the molecule is CC1(C(=O)O)C=C(Cl)C=C(C(=O)O)C1CCl. The van der Waals surface area contributed by atoms with Gasteiger partial charge in [-0.05, 0) is 19.1 Å². The lowest BCUT2D eigenvalue weighted by Gasteiger charge is -2.33. The van der Waals surface area contributed by atoms with Crippen molar-refractivity contribution >= 4 is 35.1 Å². The lowest BCUT2D eigenvalue weighted by atomic mass is 9.71. The van der Waals surface area contributed by atoms with Crippen LogP contribution in [0.5, 0.6) is 0 Å². The van der Waals surface area contributed by atoms with E-state index in [1.807, 2.05) is 0 Å². The van der Waals surface area contributed by atoms with Gasteiger partial charge in [-0.3, -0.25) is 4.79 Å². The Bertz CT molecular complexity index is 400. The molecule has 0 saturated carbocycles. The molecule has 88 valence electrons. The number of rotatable bonds is 3. The summed E-state index contributed by atoms with van der Waals surface area (Å²) in [7, 11) is 0. The molecule has 2 N–H and O–H groups in total. The number of carboxylic acids is 2. The first-order valence-electron chi connectivity index (χ1n) is 4.45. The average Bonchev–Trinajstić information content (AvgIpc) is 2.16. The predicted octanol–water partition coefficient (Wildman–Crippen LogP) is 2.08. The standard InChI is InChI=1S/C10H10Cl2O4/c1-10(9(15)16)3-5(12)2-6(8(13)14)7(10)4-11/h2-3,7H,4H2,1H3,(H,13,14)(H,15,16). The zero-order valence-corrected chi connectivity index (χ0v) is 9.92. The van der Waals surface area contributed by atoms with E-state index in [0.29, 0.717) is 0 Å². The Morgan fingerprint density at radius 1 is 1.50 bits per heavy atom. The Hall–Kier alpha value is -1.00. The van der Waals surface area contributed by atoms with Gasteiger partial charge in [0.05, 0.1) is 5.41 Å². The first-order chi connectivity index (χ1) is 7.32. The largest absolute Gasteiger partial charge is 0.481 e. The summed E-state index contributed by atoms with van der Waals surface area (Å²) in [6.07, 6.45) is 2.55. The molecule has 0 aliphatic heterocycles. The van der Waals surface area contributed by atoms with Crippen LogP contribution in [0, 0.1) is 11.3 Å². The Morgan fingerprint density at radius 2 is 2.06 bits per heavy atom. The highest BCUT2D eigenvalue weighted by atomic mass is 35.5. The summed E-state index contributed by atoms with van der Waals surface area (Å²) in [5.41, 5.74) is -1.46. The van der Waals surface area contributed by atoms with Gasteiger partial charge in [0, 0.05) is 22.4 Å². The molecule has 0 aromatic heterocycles. The molecule has 2 atom stereocenters. The second-order valence-electron chi connectivity index (χ2n) is 3.73. The molecule has 0 bridgehead atoms. The number of carbonyl (C=O) groups is 2. The lowest BCUT2D eigenvalue weighted by Crippen LogP contribution is -2.39. The molecule has 4 nitrogen and oxygen atoms in total. The minimum atomic E-state index is -1.39. The second-order valence-corrected chi connectivity index (χ2v) is 4.47. The molecule has 0 saturated heterocycles. The number of carboxylic acid groups (broad SMARTS) is 2. The molecule has 1 aliphatic carbocycles. The van der Waals surface area contributed by atoms with Crippen molar-refractivity contribution in [3.63, 3.8) is 0 Å². The molecule has 1 aliphatic rings. The van der Waals surface area contributed by atoms with Crippen molar-refractivity contribution in [2.45, 2.75) is 6.92 Å². The summed E-state index contributed by atoms with van der Waals surface area (Å²) in [5.74, 6) is -3.25. The summed E-state index contributed by atoms with van der Waals surface area (Å²) in [5, 5.41) is 18.2. The molecule has 0 aromatic rings. The van der Waals surface area contributed by atoms with Crippen LogP contribution in [-0.4, -0.2) is 28.0 Å². The summed E-state index contributed by atoms with van der Waals surface area (Å²) in [6.45, 7) is 1.40. The van der Waals surface area contributed by atoms with Crippen LogP contribution in [0.1, 0.15) is 6.92 Å². The van der Waals surface area contributed by atoms with E-state index in [2.05, 4.69) is 0 Å². The van der Waals surface area contributed by atoms with E-state index in [0.717, 1.165) is 0 Å². The van der Waals surface area contributed by atoms with Crippen LogP contribution >= 0.6 is 23.2 Å². The van der Waals surface area contributed by atoms with E-state index in [1.54, 1.807) is 0 Å². The Balaban J connectivity index is 3.31. The number of hydrogen-bond acceptors (Lipinski definition) is 2. The third kappa shape index (κ3) is 2.08. The van der Waals surface area contributed by atoms with Crippen molar-refractivity contribution in [2.75, 3.05) is 5.88 Å². The molecule has 0 amide bonds. The van der Waals surface area contributed by atoms with Crippen LogP contribution in [-0.2, 0) is 9.59 Å². The van der Waals surface area contributed by atoms with Crippen molar-refractivity contribution in [1.29, 1.82) is 0 Å². The number of alkyl halides is 1. The number of aliphatic carboxylic acids is 2. The van der Waals surface area contributed by atoms with Crippen LogP contribution < -0.4 is 0 Å².